The topological polar surface area (TPSA) is 59.7 Å². The van der Waals surface area contributed by atoms with Gasteiger partial charge in [-0.05, 0) is 61.7 Å². The van der Waals surface area contributed by atoms with Crippen LogP contribution >= 0.6 is 23.1 Å². The van der Waals surface area contributed by atoms with Crippen molar-refractivity contribution in [3.05, 3.63) is 63.6 Å². The third-order valence-electron chi connectivity index (χ3n) is 5.59. The summed E-state index contributed by atoms with van der Waals surface area (Å²) in [6, 6.07) is 12.6. The third-order valence-corrected chi connectivity index (χ3v) is 8.40. The van der Waals surface area contributed by atoms with Crippen LogP contribution in [-0.4, -0.2) is 34.9 Å². The molecule has 1 aliphatic rings. The number of nitrogens with zero attached hydrogens (tertiary/aromatic N) is 2. The van der Waals surface area contributed by atoms with Gasteiger partial charge in [-0.15, -0.1) is 0 Å². The Morgan fingerprint density at radius 2 is 2.00 bits per heavy atom. The van der Waals surface area contributed by atoms with E-state index >= 15 is 0 Å². The summed E-state index contributed by atoms with van der Waals surface area (Å²) >= 11 is 3.47. The van der Waals surface area contributed by atoms with Gasteiger partial charge in [0.2, 0.25) is 5.52 Å². The van der Waals surface area contributed by atoms with Gasteiger partial charge in [0.1, 0.15) is 17.1 Å². The average Bonchev–Trinajstić information content (AvgIpc) is 3.30. The number of fused-ring (bicyclic) bond motifs is 2. The number of allylic oxidation sites excluding steroid dienone is 2. The largest absolute Gasteiger partial charge is 0.497 e. The van der Waals surface area contributed by atoms with E-state index in [1.807, 2.05) is 18.2 Å². The Bertz CT molecular complexity index is 1410. The van der Waals surface area contributed by atoms with Crippen molar-refractivity contribution in [3.8, 4) is 5.75 Å². The second-order valence-corrected chi connectivity index (χ2v) is 12.3. The Kier molecular flexibility index (Phi) is 7.90. The fourth-order valence-electron chi connectivity index (χ4n) is 4.03. The van der Waals surface area contributed by atoms with Crippen molar-refractivity contribution in [1.29, 1.82) is 0 Å². The minimum Gasteiger partial charge on any atom is -0.497 e. The number of benzene rings is 2. The molecule has 0 atom stereocenters. The molecule has 0 N–H and O–H groups in total. The zero-order valence-corrected chi connectivity index (χ0v) is 23.1. The standard InChI is InChI=1S/C26H31N2O4S3/c1-6-11-27-21-14-18(2)7-9-23(21)33-25(27)15-19(3)16-26-28(12-13-32-35(5,29)30)22-17-20(31-4)8-10-24(22)34-26/h7-10,14-17H,6,11-13H2,1-5H3/q+1. The summed E-state index contributed by atoms with van der Waals surface area (Å²) in [7, 11) is -1.86. The smallest absolute Gasteiger partial charge is 0.264 e. The van der Waals surface area contributed by atoms with Crippen LogP contribution < -0.4 is 14.2 Å². The molecule has 186 valence electrons. The predicted molar refractivity (Wildman–Crippen MR) is 146 cm³/mol. The van der Waals surface area contributed by atoms with Crippen LogP contribution in [0.1, 0.15) is 30.8 Å². The lowest BCUT2D eigenvalue weighted by Crippen LogP contribution is -2.37. The molecule has 0 fully saturated rings. The maximum atomic E-state index is 11.5. The van der Waals surface area contributed by atoms with Crippen molar-refractivity contribution in [3.63, 3.8) is 0 Å². The summed E-state index contributed by atoms with van der Waals surface area (Å²) in [5.41, 5.74) is 4.65. The normalized spacial score (nSPS) is 15.3. The highest BCUT2D eigenvalue weighted by Gasteiger charge is 2.25. The lowest BCUT2D eigenvalue weighted by Gasteiger charge is -2.20. The fourth-order valence-corrected chi connectivity index (χ4v) is 6.77. The molecule has 0 saturated carbocycles. The predicted octanol–water partition coefficient (Wildman–Crippen LogP) is 5.75. The SMILES string of the molecule is CCCN1C(=CC(C)=Cc2sc3ccc(OC)cc3[n+]2CCOS(C)(=O)=O)Sc2ccc(C)cc21. The first-order valence-electron chi connectivity index (χ1n) is 11.5. The minimum absolute atomic E-state index is 0.0717. The summed E-state index contributed by atoms with van der Waals surface area (Å²) in [4.78, 5) is 3.68. The zero-order chi connectivity index (χ0) is 25.2. The third kappa shape index (κ3) is 6.09. The van der Waals surface area contributed by atoms with Crippen LogP contribution in [0.15, 0.2) is 58.0 Å². The quantitative estimate of drug-likeness (QED) is 0.259. The van der Waals surface area contributed by atoms with Crippen molar-refractivity contribution in [2.24, 2.45) is 0 Å². The molecule has 1 aliphatic heterocycles. The number of aryl methyl sites for hydroxylation is 1. The van der Waals surface area contributed by atoms with E-state index in [2.05, 4.69) is 60.6 Å². The second-order valence-electron chi connectivity index (χ2n) is 8.55. The Morgan fingerprint density at radius 1 is 1.20 bits per heavy atom. The summed E-state index contributed by atoms with van der Waals surface area (Å²) in [5.74, 6) is 0.757. The van der Waals surface area contributed by atoms with Gasteiger partial charge in [-0.1, -0.05) is 36.1 Å². The Hall–Kier alpha value is -2.33. The summed E-state index contributed by atoms with van der Waals surface area (Å²) in [6.07, 6.45) is 6.53. The molecule has 3 aromatic rings. The van der Waals surface area contributed by atoms with Crippen LogP contribution in [0.5, 0.6) is 5.75 Å². The first-order valence-corrected chi connectivity index (χ1v) is 14.9. The summed E-state index contributed by atoms with van der Waals surface area (Å²) in [5, 5.41) is 2.24. The number of thiazole rings is 1. The minimum atomic E-state index is -3.50. The van der Waals surface area contributed by atoms with E-state index in [9.17, 15) is 8.42 Å². The summed E-state index contributed by atoms with van der Waals surface area (Å²) in [6.45, 7) is 7.89. The molecule has 0 radical (unpaired) electrons. The molecule has 0 amide bonds. The monoisotopic (exact) mass is 531 g/mol. The number of aromatic nitrogens is 1. The highest BCUT2D eigenvalue weighted by molar-refractivity contribution is 8.03. The van der Waals surface area contributed by atoms with Crippen LogP contribution in [0.2, 0.25) is 0 Å². The van der Waals surface area contributed by atoms with Gasteiger partial charge < -0.3 is 9.64 Å². The van der Waals surface area contributed by atoms with Gasteiger partial charge in [-0.3, -0.25) is 4.18 Å². The molecule has 2 heterocycles. The number of ether oxygens (including phenoxy) is 1. The molecule has 4 rings (SSSR count). The van der Waals surface area contributed by atoms with Gasteiger partial charge in [0.15, 0.2) is 6.54 Å². The van der Waals surface area contributed by atoms with Gasteiger partial charge >= 0.3 is 0 Å². The Balaban J connectivity index is 1.70. The molecule has 0 aliphatic carbocycles. The molecule has 0 saturated heterocycles. The first-order chi connectivity index (χ1) is 16.7. The first kappa shape index (κ1) is 25.8. The molecule has 2 aromatic carbocycles. The van der Waals surface area contributed by atoms with Crippen molar-refractivity contribution in [1.82, 2.24) is 0 Å². The highest BCUT2D eigenvalue weighted by atomic mass is 32.2. The highest BCUT2D eigenvalue weighted by Crippen LogP contribution is 2.46. The van der Waals surface area contributed by atoms with E-state index in [1.54, 1.807) is 30.2 Å². The number of hydrogen-bond acceptors (Lipinski definition) is 7. The molecule has 9 heteroatoms. The second kappa shape index (κ2) is 10.7. The van der Waals surface area contributed by atoms with Gasteiger partial charge in [0.05, 0.1) is 30.1 Å². The molecule has 35 heavy (non-hydrogen) atoms. The van der Waals surface area contributed by atoms with Crippen LogP contribution in [0.4, 0.5) is 5.69 Å². The number of anilines is 1. The molecular formula is C26H31N2O4S3+. The maximum absolute atomic E-state index is 11.5. The van der Waals surface area contributed by atoms with E-state index in [1.165, 1.54) is 21.2 Å². The van der Waals surface area contributed by atoms with E-state index in [-0.39, 0.29) is 6.61 Å². The van der Waals surface area contributed by atoms with Crippen molar-refractivity contribution in [2.75, 3.05) is 31.4 Å². The molecule has 1 aromatic heterocycles. The number of hydrogen-bond donors (Lipinski definition) is 0. The van der Waals surface area contributed by atoms with Gasteiger partial charge in [0.25, 0.3) is 15.1 Å². The zero-order valence-electron chi connectivity index (χ0n) is 20.7. The molecule has 6 nitrogen and oxygen atoms in total. The molecule has 0 spiro atoms. The van der Waals surface area contributed by atoms with E-state index < -0.39 is 10.1 Å². The van der Waals surface area contributed by atoms with Crippen molar-refractivity contribution < 1.29 is 21.9 Å². The fraction of sp³-hybridized carbons (Fsp3) is 0.346. The van der Waals surface area contributed by atoms with E-state index in [0.29, 0.717) is 6.54 Å². The van der Waals surface area contributed by atoms with Gasteiger partial charge in [-0.25, -0.2) is 0 Å². The van der Waals surface area contributed by atoms with Crippen molar-refractivity contribution >= 4 is 55.2 Å². The molecular weight excluding hydrogens is 500 g/mol. The molecule has 0 unspecified atom stereocenters. The lowest BCUT2D eigenvalue weighted by molar-refractivity contribution is -0.669. The number of methoxy groups -OCH3 is 1. The van der Waals surface area contributed by atoms with Crippen LogP contribution in [0.25, 0.3) is 16.3 Å². The van der Waals surface area contributed by atoms with E-state index in [4.69, 9.17) is 8.92 Å². The van der Waals surface area contributed by atoms with Gasteiger partial charge in [0, 0.05) is 17.5 Å². The van der Waals surface area contributed by atoms with Crippen LogP contribution in [-0.2, 0) is 20.8 Å². The average molecular weight is 532 g/mol. The van der Waals surface area contributed by atoms with Gasteiger partial charge in [-0.2, -0.15) is 13.0 Å². The maximum Gasteiger partial charge on any atom is 0.264 e. The lowest BCUT2D eigenvalue weighted by atomic mass is 10.2. The van der Waals surface area contributed by atoms with Crippen LogP contribution in [0, 0.1) is 6.92 Å². The Morgan fingerprint density at radius 3 is 2.71 bits per heavy atom. The number of thioether (sulfide) groups is 1. The van der Waals surface area contributed by atoms with Crippen molar-refractivity contribution in [2.45, 2.75) is 38.6 Å². The Labute approximate surface area is 216 Å². The van der Waals surface area contributed by atoms with E-state index in [0.717, 1.165) is 45.8 Å². The van der Waals surface area contributed by atoms with Crippen LogP contribution in [0.3, 0.4) is 0 Å². The molecule has 0 bridgehead atoms. The summed E-state index contributed by atoms with van der Waals surface area (Å²) < 4.78 is 36.7. The number of rotatable bonds is 9.